The molecule has 4 aromatic rings. The fourth-order valence-electron chi connectivity index (χ4n) is 4.70. The summed E-state index contributed by atoms with van der Waals surface area (Å²) in [5.74, 6) is -0.970. The van der Waals surface area contributed by atoms with E-state index in [9.17, 15) is 14.7 Å². The van der Waals surface area contributed by atoms with Gasteiger partial charge >= 0.3 is 5.91 Å². The molecule has 1 aromatic heterocycles. The molecular weight excluding hydrogens is 564 g/mol. The van der Waals surface area contributed by atoms with Crippen LogP contribution < -0.4 is 9.64 Å². The predicted molar refractivity (Wildman–Crippen MR) is 144 cm³/mol. The zero-order chi connectivity index (χ0) is 25.1. The molecule has 0 unspecified atom stereocenters. The second kappa shape index (κ2) is 8.73. The number of Topliss-reactive ketones (excluding diaryl/α,β-unsaturated/α-hetero) is 1. The Labute approximate surface area is 223 Å². The van der Waals surface area contributed by atoms with Crippen LogP contribution in [0.15, 0.2) is 70.7 Å². The lowest BCUT2D eigenvalue weighted by Gasteiger charge is -2.23. The standard InChI is InChI=1S/C27H18BrClN2O4S/c1-13-10-16-11-15(4-9-20(16)35-13)24(32)22-23(14-2-5-17(28)6-3-14)31(26(34)25(22)33)27-30-19-8-7-18(29)12-21(19)36-27/h2-9,11-13,23,32H,10H2,1H3/b24-22+/t13-,23+/m0/s1. The van der Waals surface area contributed by atoms with Crippen molar-refractivity contribution in [1.82, 2.24) is 4.98 Å². The Morgan fingerprint density at radius 1 is 1.14 bits per heavy atom. The Balaban J connectivity index is 1.53. The molecule has 1 saturated heterocycles. The van der Waals surface area contributed by atoms with Crippen molar-refractivity contribution >= 4 is 71.7 Å². The van der Waals surface area contributed by atoms with Gasteiger partial charge in [-0.25, -0.2) is 4.98 Å². The van der Waals surface area contributed by atoms with Gasteiger partial charge in [-0.1, -0.05) is 51.0 Å². The van der Waals surface area contributed by atoms with E-state index < -0.39 is 17.7 Å². The van der Waals surface area contributed by atoms with Gasteiger partial charge in [-0.2, -0.15) is 0 Å². The summed E-state index contributed by atoms with van der Waals surface area (Å²) >= 11 is 10.9. The molecule has 1 fully saturated rings. The molecule has 36 heavy (non-hydrogen) atoms. The second-order valence-electron chi connectivity index (χ2n) is 8.78. The van der Waals surface area contributed by atoms with Gasteiger partial charge in [-0.15, -0.1) is 0 Å². The van der Waals surface area contributed by atoms with Gasteiger partial charge in [0.05, 0.1) is 21.8 Å². The topological polar surface area (TPSA) is 79.7 Å². The Kier molecular flexibility index (Phi) is 5.63. The van der Waals surface area contributed by atoms with Crippen molar-refractivity contribution in [3.63, 3.8) is 0 Å². The van der Waals surface area contributed by atoms with Crippen molar-refractivity contribution in [2.45, 2.75) is 25.5 Å². The number of nitrogens with zero attached hydrogens (tertiary/aromatic N) is 2. The number of hydrogen-bond donors (Lipinski definition) is 1. The largest absolute Gasteiger partial charge is 0.507 e. The fourth-order valence-corrected chi connectivity index (χ4v) is 6.24. The minimum Gasteiger partial charge on any atom is -0.507 e. The van der Waals surface area contributed by atoms with Crippen LogP contribution >= 0.6 is 38.9 Å². The monoisotopic (exact) mass is 580 g/mol. The molecular formula is C27H18BrClN2O4S. The molecule has 0 aliphatic carbocycles. The number of rotatable bonds is 3. The number of carbonyl (C=O) groups is 2. The lowest BCUT2D eigenvalue weighted by molar-refractivity contribution is -0.132. The SMILES string of the molecule is C[C@H]1Cc2cc(/C(O)=C3\C(=O)C(=O)N(c4nc5ccc(Cl)cc5s4)[C@@H]3c3ccc(Br)cc3)ccc2O1. The summed E-state index contributed by atoms with van der Waals surface area (Å²) in [5.41, 5.74) is 2.77. The highest BCUT2D eigenvalue weighted by atomic mass is 79.9. The number of hydrogen-bond acceptors (Lipinski definition) is 6. The maximum Gasteiger partial charge on any atom is 0.301 e. The van der Waals surface area contributed by atoms with E-state index in [2.05, 4.69) is 20.9 Å². The van der Waals surface area contributed by atoms with E-state index in [1.165, 1.54) is 16.2 Å². The molecule has 3 heterocycles. The number of aliphatic hydroxyl groups excluding tert-OH is 1. The van der Waals surface area contributed by atoms with Crippen LogP contribution in [-0.4, -0.2) is 27.9 Å². The van der Waals surface area contributed by atoms with Crippen LogP contribution in [0, 0.1) is 0 Å². The van der Waals surface area contributed by atoms with Crippen LogP contribution in [0.25, 0.3) is 16.0 Å². The third kappa shape index (κ3) is 3.80. The first-order valence-electron chi connectivity index (χ1n) is 11.2. The van der Waals surface area contributed by atoms with Crippen molar-refractivity contribution in [1.29, 1.82) is 0 Å². The number of thiazole rings is 1. The molecule has 6 rings (SSSR count). The number of aliphatic hydroxyl groups is 1. The molecule has 1 N–H and O–H groups in total. The zero-order valence-electron chi connectivity index (χ0n) is 18.9. The number of anilines is 1. The Bertz CT molecular complexity index is 1600. The minimum absolute atomic E-state index is 0.0199. The number of halogens is 2. The molecule has 0 radical (unpaired) electrons. The Morgan fingerprint density at radius 2 is 1.92 bits per heavy atom. The van der Waals surface area contributed by atoms with E-state index >= 15 is 0 Å². The number of benzene rings is 3. The Morgan fingerprint density at radius 3 is 2.69 bits per heavy atom. The van der Waals surface area contributed by atoms with Crippen LogP contribution in [0.2, 0.25) is 5.02 Å². The second-order valence-corrected chi connectivity index (χ2v) is 11.1. The Hall–Kier alpha value is -3.20. The fraction of sp³-hybridized carbons (Fsp3) is 0.148. The quantitative estimate of drug-likeness (QED) is 0.166. The van der Waals surface area contributed by atoms with E-state index in [-0.39, 0.29) is 17.4 Å². The summed E-state index contributed by atoms with van der Waals surface area (Å²) in [6.07, 6.45) is 0.744. The molecule has 2 aliphatic heterocycles. The highest BCUT2D eigenvalue weighted by Crippen LogP contribution is 2.45. The molecule has 0 saturated carbocycles. The summed E-state index contributed by atoms with van der Waals surface area (Å²) in [4.78, 5) is 32.8. The summed E-state index contributed by atoms with van der Waals surface area (Å²) in [6.45, 7) is 1.98. The number of ketones is 1. The van der Waals surface area contributed by atoms with Crippen LogP contribution in [0.3, 0.4) is 0 Å². The first kappa shape index (κ1) is 23.2. The van der Waals surface area contributed by atoms with Gasteiger partial charge in [0, 0.05) is 21.5 Å². The molecule has 6 nitrogen and oxygen atoms in total. The highest BCUT2D eigenvalue weighted by Gasteiger charge is 2.48. The number of amides is 1. The molecule has 180 valence electrons. The van der Waals surface area contributed by atoms with E-state index in [1.54, 1.807) is 30.3 Å². The first-order chi connectivity index (χ1) is 17.3. The summed E-state index contributed by atoms with van der Waals surface area (Å²) in [7, 11) is 0. The van der Waals surface area contributed by atoms with Gasteiger partial charge in [0.1, 0.15) is 17.6 Å². The first-order valence-corrected chi connectivity index (χ1v) is 13.2. The normalized spacial score (nSPS) is 20.7. The van der Waals surface area contributed by atoms with E-state index in [4.69, 9.17) is 16.3 Å². The average molecular weight is 582 g/mol. The third-order valence-electron chi connectivity index (χ3n) is 6.34. The lowest BCUT2D eigenvalue weighted by atomic mass is 9.94. The highest BCUT2D eigenvalue weighted by molar-refractivity contribution is 9.10. The number of carbonyl (C=O) groups excluding carboxylic acids is 2. The zero-order valence-corrected chi connectivity index (χ0v) is 22.0. The molecule has 0 spiro atoms. The third-order valence-corrected chi connectivity index (χ3v) is 8.13. The molecule has 1 amide bonds. The lowest BCUT2D eigenvalue weighted by Crippen LogP contribution is -2.29. The summed E-state index contributed by atoms with van der Waals surface area (Å²) in [5, 5.41) is 12.3. The van der Waals surface area contributed by atoms with Gasteiger partial charge in [0.2, 0.25) is 0 Å². The maximum atomic E-state index is 13.4. The number of aromatic nitrogens is 1. The summed E-state index contributed by atoms with van der Waals surface area (Å²) < 4.78 is 7.42. The van der Waals surface area contributed by atoms with Gasteiger partial charge in [0.15, 0.2) is 5.13 Å². The van der Waals surface area contributed by atoms with Crippen molar-refractivity contribution in [2.75, 3.05) is 4.90 Å². The van der Waals surface area contributed by atoms with Crippen molar-refractivity contribution in [3.8, 4) is 5.75 Å². The molecule has 2 aliphatic rings. The van der Waals surface area contributed by atoms with Gasteiger partial charge in [0.25, 0.3) is 5.78 Å². The van der Waals surface area contributed by atoms with Gasteiger partial charge < -0.3 is 9.84 Å². The van der Waals surface area contributed by atoms with Crippen LogP contribution in [0.5, 0.6) is 5.75 Å². The molecule has 9 heteroatoms. The predicted octanol–water partition coefficient (Wildman–Crippen LogP) is 6.66. The smallest absolute Gasteiger partial charge is 0.301 e. The number of fused-ring (bicyclic) bond motifs is 2. The number of ether oxygens (including phenoxy) is 1. The van der Waals surface area contributed by atoms with Crippen LogP contribution in [-0.2, 0) is 16.0 Å². The van der Waals surface area contributed by atoms with Crippen molar-refractivity contribution in [3.05, 3.63) is 92.4 Å². The molecule has 3 aromatic carbocycles. The molecule has 0 bridgehead atoms. The molecule has 2 atom stereocenters. The van der Waals surface area contributed by atoms with Crippen LogP contribution in [0.1, 0.15) is 29.7 Å². The van der Waals surface area contributed by atoms with Gasteiger partial charge in [-0.05, 0) is 66.6 Å². The maximum absolute atomic E-state index is 13.4. The van der Waals surface area contributed by atoms with E-state index in [0.717, 1.165) is 20.5 Å². The van der Waals surface area contributed by atoms with Gasteiger partial charge in [-0.3, -0.25) is 14.5 Å². The van der Waals surface area contributed by atoms with Crippen molar-refractivity contribution < 1.29 is 19.4 Å². The van der Waals surface area contributed by atoms with E-state index in [0.29, 0.717) is 33.2 Å². The van der Waals surface area contributed by atoms with E-state index in [1.807, 2.05) is 37.3 Å². The minimum atomic E-state index is -0.849. The summed E-state index contributed by atoms with van der Waals surface area (Å²) in [6, 6.07) is 17.1. The van der Waals surface area contributed by atoms with Crippen LogP contribution in [0.4, 0.5) is 5.13 Å². The average Bonchev–Trinajstić information content (AvgIpc) is 3.51. The van der Waals surface area contributed by atoms with Crippen molar-refractivity contribution in [2.24, 2.45) is 0 Å².